The average Bonchev–Trinajstić information content (AvgIpc) is 2.74. The van der Waals surface area contributed by atoms with Gasteiger partial charge in [0.25, 0.3) is 0 Å². The minimum Gasteiger partial charge on any atom is -0.365 e. The Bertz CT molecular complexity index is 484. The van der Waals surface area contributed by atoms with Crippen LogP contribution in [0.25, 0.3) is 0 Å². The number of pyridine rings is 1. The van der Waals surface area contributed by atoms with Crippen LogP contribution >= 0.6 is 34.8 Å². The summed E-state index contributed by atoms with van der Waals surface area (Å²) in [6.45, 7) is 0.557. The number of aromatic nitrogens is 3. The molecule has 84 valence electrons. The molecule has 4 nitrogen and oxygen atoms in total. The lowest BCUT2D eigenvalue weighted by Crippen LogP contribution is -2.01. The van der Waals surface area contributed by atoms with Crippen LogP contribution in [0.1, 0.15) is 5.56 Å². The van der Waals surface area contributed by atoms with Crippen molar-refractivity contribution in [1.29, 1.82) is 0 Å². The smallest absolute Gasteiger partial charge is 0.150 e. The predicted molar refractivity (Wildman–Crippen MR) is 65.2 cm³/mol. The molecule has 16 heavy (non-hydrogen) atoms. The van der Waals surface area contributed by atoms with Crippen molar-refractivity contribution in [2.24, 2.45) is 0 Å². The molecule has 0 unspecified atom stereocenters. The first-order valence-electron chi connectivity index (χ1n) is 4.40. The standard InChI is InChI=1S/C9H7Cl3N4/c10-6-1-7(11)9(16-8(6)12)13-2-5-3-14-15-4-5/h1,3-4H,2H2,(H,13,16)(H,14,15). The summed E-state index contributed by atoms with van der Waals surface area (Å²) in [4.78, 5) is 4.03. The summed E-state index contributed by atoms with van der Waals surface area (Å²) < 4.78 is 0. The number of aromatic amines is 1. The number of H-pyrrole nitrogens is 1. The van der Waals surface area contributed by atoms with Gasteiger partial charge in [-0.3, -0.25) is 5.10 Å². The van der Waals surface area contributed by atoms with Crippen LogP contribution in [0, 0.1) is 0 Å². The van der Waals surface area contributed by atoms with Gasteiger partial charge in [0.2, 0.25) is 0 Å². The zero-order chi connectivity index (χ0) is 11.5. The summed E-state index contributed by atoms with van der Waals surface area (Å²) in [6.07, 6.45) is 3.48. The minimum atomic E-state index is 0.223. The van der Waals surface area contributed by atoms with Crippen molar-refractivity contribution < 1.29 is 0 Å². The molecule has 2 aromatic heterocycles. The van der Waals surface area contributed by atoms with E-state index in [1.54, 1.807) is 18.5 Å². The van der Waals surface area contributed by atoms with Crippen molar-refractivity contribution in [1.82, 2.24) is 15.2 Å². The Balaban J connectivity index is 2.12. The molecule has 2 N–H and O–H groups in total. The number of hydrogen-bond acceptors (Lipinski definition) is 3. The number of halogens is 3. The second-order valence-electron chi connectivity index (χ2n) is 3.05. The van der Waals surface area contributed by atoms with E-state index in [4.69, 9.17) is 34.8 Å². The average molecular weight is 278 g/mol. The number of hydrogen-bond donors (Lipinski definition) is 2. The highest BCUT2D eigenvalue weighted by Gasteiger charge is 2.07. The monoisotopic (exact) mass is 276 g/mol. The lowest BCUT2D eigenvalue weighted by atomic mass is 10.3. The number of nitrogens with zero attached hydrogens (tertiary/aromatic N) is 2. The molecule has 7 heteroatoms. The van der Waals surface area contributed by atoms with E-state index in [-0.39, 0.29) is 5.15 Å². The highest BCUT2D eigenvalue weighted by Crippen LogP contribution is 2.28. The normalized spacial score (nSPS) is 10.4. The second-order valence-corrected chi connectivity index (χ2v) is 4.22. The first-order valence-corrected chi connectivity index (χ1v) is 5.53. The highest BCUT2D eigenvalue weighted by molar-refractivity contribution is 6.42. The van der Waals surface area contributed by atoms with E-state index in [1.807, 2.05) is 0 Å². The van der Waals surface area contributed by atoms with E-state index in [2.05, 4.69) is 20.5 Å². The zero-order valence-corrected chi connectivity index (χ0v) is 10.2. The summed E-state index contributed by atoms with van der Waals surface area (Å²) in [5, 5.41) is 10.6. The van der Waals surface area contributed by atoms with E-state index in [9.17, 15) is 0 Å². The van der Waals surface area contributed by atoms with Gasteiger partial charge in [0.1, 0.15) is 11.0 Å². The summed E-state index contributed by atoms with van der Waals surface area (Å²) in [6, 6.07) is 1.55. The molecule has 0 aromatic carbocycles. The van der Waals surface area contributed by atoms with E-state index in [0.717, 1.165) is 5.56 Å². The first-order chi connectivity index (χ1) is 7.66. The molecule has 0 amide bonds. The molecule has 2 heterocycles. The van der Waals surface area contributed by atoms with Gasteiger partial charge in [-0.25, -0.2) is 4.98 Å². The zero-order valence-electron chi connectivity index (χ0n) is 7.97. The lowest BCUT2D eigenvalue weighted by molar-refractivity contribution is 1.09. The van der Waals surface area contributed by atoms with Crippen molar-refractivity contribution in [3.8, 4) is 0 Å². The molecule has 0 saturated heterocycles. The maximum absolute atomic E-state index is 5.95. The van der Waals surface area contributed by atoms with Gasteiger partial charge in [-0.2, -0.15) is 5.10 Å². The number of anilines is 1. The largest absolute Gasteiger partial charge is 0.365 e. The molecule has 0 spiro atoms. The van der Waals surface area contributed by atoms with Crippen molar-refractivity contribution in [3.63, 3.8) is 0 Å². The molecule has 2 rings (SSSR count). The van der Waals surface area contributed by atoms with Crippen molar-refractivity contribution in [3.05, 3.63) is 39.2 Å². The molecule has 0 radical (unpaired) electrons. The SMILES string of the molecule is Clc1cc(Cl)c(NCc2cn[nH]c2)nc1Cl. The van der Waals surface area contributed by atoms with E-state index in [1.165, 1.54) is 0 Å². The second kappa shape index (κ2) is 4.91. The molecule has 2 aromatic rings. The molecular formula is C9H7Cl3N4. The van der Waals surface area contributed by atoms with Gasteiger partial charge in [-0.1, -0.05) is 34.8 Å². The third kappa shape index (κ3) is 2.58. The topological polar surface area (TPSA) is 53.6 Å². The van der Waals surface area contributed by atoms with Gasteiger partial charge < -0.3 is 5.32 Å². The van der Waals surface area contributed by atoms with Crippen LogP contribution in [0.4, 0.5) is 5.82 Å². The maximum atomic E-state index is 5.95. The Morgan fingerprint density at radius 3 is 2.75 bits per heavy atom. The number of nitrogens with one attached hydrogen (secondary N) is 2. The molecular weight excluding hydrogens is 270 g/mol. The van der Waals surface area contributed by atoms with E-state index >= 15 is 0 Å². The van der Waals surface area contributed by atoms with Crippen LogP contribution in [0.3, 0.4) is 0 Å². The van der Waals surface area contributed by atoms with Gasteiger partial charge in [-0.05, 0) is 6.07 Å². The summed E-state index contributed by atoms with van der Waals surface area (Å²) in [5.41, 5.74) is 0.990. The molecule has 0 aliphatic heterocycles. The fourth-order valence-electron chi connectivity index (χ4n) is 1.13. The Labute approximate surface area is 107 Å². The Hall–Kier alpha value is -0.970. The van der Waals surface area contributed by atoms with Crippen molar-refractivity contribution in [2.45, 2.75) is 6.54 Å². The van der Waals surface area contributed by atoms with Gasteiger partial charge in [-0.15, -0.1) is 0 Å². The lowest BCUT2D eigenvalue weighted by Gasteiger charge is -2.07. The van der Waals surface area contributed by atoms with Crippen LogP contribution in [0.5, 0.6) is 0 Å². The Morgan fingerprint density at radius 1 is 1.25 bits per heavy atom. The van der Waals surface area contributed by atoms with E-state index in [0.29, 0.717) is 22.4 Å². The number of rotatable bonds is 3. The molecule has 0 bridgehead atoms. The van der Waals surface area contributed by atoms with Crippen molar-refractivity contribution in [2.75, 3.05) is 5.32 Å². The van der Waals surface area contributed by atoms with Gasteiger partial charge in [0.05, 0.1) is 16.2 Å². The van der Waals surface area contributed by atoms with Crippen LogP contribution in [-0.2, 0) is 6.54 Å². The Morgan fingerprint density at radius 2 is 2.06 bits per heavy atom. The highest BCUT2D eigenvalue weighted by atomic mass is 35.5. The summed E-state index contributed by atoms with van der Waals surface area (Å²) >= 11 is 17.5. The van der Waals surface area contributed by atoms with Crippen LogP contribution in [0.15, 0.2) is 18.5 Å². The van der Waals surface area contributed by atoms with Crippen LogP contribution < -0.4 is 5.32 Å². The summed E-state index contributed by atoms with van der Waals surface area (Å²) in [7, 11) is 0. The minimum absolute atomic E-state index is 0.223. The fraction of sp³-hybridized carbons (Fsp3) is 0.111. The van der Waals surface area contributed by atoms with Crippen molar-refractivity contribution >= 4 is 40.6 Å². The quantitative estimate of drug-likeness (QED) is 0.846. The molecule has 0 aliphatic rings. The Kier molecular flexibility index (Phi) is 3.53. The molecule has 0 aliphatic carbocycles. The van der Waals surface area contributed by atoms with Crippen LogP contribution in [0.2, 0.25) is 15.2 Å². The van der Waals surface area contributed by atoms with E-state index < -0.39 is 0 Å². The maximum Gasteiger partial charge on any atom is 0.150 e. The predicted octanol–water partition coefficient (Wildman–Crippen LogP) is 3.38. The summed E-state index contributed by atoms with van der Waals surface area (Å²) in [5.74, 6) is 0.497. The first kappa shape index (κ1) is 11.5. The molecule has 0 atom stereocenters. The van der Waals surface area contributed by atoms with Crippen LogP contribution in [-0.4, -0.2) is 15.2 Å². The van der Waals surface area contributed by atoms with Gasteiger partial charge >= 0.3 is 0 Å². The third-order valence-electron chi connectivity index (χ3n) is 1.90. The van der Waals surface area contributed by atoms with Gasteiger partial charge in [0, 0.05) is 18.3 Å². The fourth-order valence-corrected chi connectivity index (χ4v) is 1.69. The molecule has 0 fully saturated rings. The molecule has 0 saturated carbocycles. The third-order valence-corrected chi connectivity index (χ3v) is 2.86. The van der Waals surface area contributed by atoms with Gasteiger partial charge in [0.15, 0.2) is 0 Å².